The van der Waals surface area contributed by atoms with Crippen molar-refractivity contribution in [3.8, 4) is 0 Å². The van der Waals surface area contributed by atoms with Gasteiger partial charge >= 0.3 is 0 Å². The minimum absolute atomic E-state index is 0.0956. The Kier molecular flexibility index (Phi) is 5.93. The maximum Gasteiger partial charge on any atom is 0.266 e. The van der Waals surface area contributed by atoms with Gasteiger partial charge < -0.3 is 5.32 Å². The van der Waals surface area contributed by atoms with E-state index < -0.39 is 20.7 Å². The molecule has 6 nitrogen and oxygen atoms in total. The third kappa shape index (κ3) is 4.55. The topological polar surface area (TPSA) is 84.0 Å². The predicted octanol–water partition coefficient (Wildman–Crippen LogP) is 4.69. The highest BCUT2D eigenvalue weighted by molar-refractivity contribution is 7.93. The number of hydrogen-bond acceptors (Lipinski definition) is 6. The van der Waals surface area contributed by atoms with Gasteiger partial charge in [0.2, 0.25) is 0 Å². The van der Waals surface area contributed by atoms with Crippen molar-refractivity contribution in [1.29, 1.82) is 0 Å². The van der Waals surface area contributed by atoms with Crippen molar-refractivity contribution in [2.45, 2.75) is 24.3 Å². The van der Waals surface area contributed by atoms with Crippen LogP contribution in [0.3, 0.4) is 0 Å². The van der Waals surface area contributed by atoms with Crippen LogP contribution in [0.1, 0.15) is 24.9 Å². The van der Waals surface area contributed by atoms with Crippen LogP contribution >= 0.6 is 22.9 Å². The van der Waals surface area contributed by atoms with Crippen LogP contribution in [0.4, 0.5) is 15.2 Å². The number of anilines is 2. The fraction of sp³-hybridized carbons (Fsp3) is 0.176. The van der Waals surface area contributed by atoms with Crippen LogP contribution in [0.25, 0.3) is 0 Å². The van der Waals surface area contributed by atoms with E-state index in [9.17, 15) is 12.8 Å². The summed E-state index contributed by atoms with van der Waals surface area (Å²) in [6.07, 6.45) is 5.53. The standard InChI is InChI=1S/C17H16ClFN4O2S2/c1-2-14(11-4-3-5-20-10-11)22-15-9-13(19)16(8-12(15)18)27(24,25)23-17-21-6-7-26-17/h3-10,14,22H,2H2,1H3,(H,21,23). The first kappa shape index (κ1) is 19.5. The number of sulfonamides is 1. The summed E-state index contributed by atoms with van der Waals surface area (Å²) in [7, 11) is -4.14. The zero-order chi connectivity index (χ0) is 19.4. The largest absolute Gasteiger partial charge is 0.377 e. The number of halogens is 2. The van der Waals surface area contributed by atoms with Gasteiger partial charge in [-0.3, -0.25) is 9.71 Å². The summed E-state index contributed by atoms with van der Waals surface area (Å²) >= 11 is 7.32. The summed E-state index contributed by atoms with van der Waals surface area (Å²) < 4.78 is 41.6. The van der Waals surface area contributed by atoms with Crippen LogP contribution in [-0.2, 0) is 10.0 Å². The molecule has 0 aliphatic heterocycles. The molecule has 0 saturated carbocycles. The zero-order valence-corrected chi connectivity index (χ0v) is 16.6. The van der Waals surface area contributed by atoms with Gasteiger partial charge in [0.15, 0.2) is 5.13 Å². The molecule has 1 aromatic carbocycles. The number of benzene rings is 1. The maximum absolute atomic E-state index is 14.6. The summed E-state index contributed by atoms with van der Waals surface area (Å²) in [5.74, 6) is -0.910. The van der Waals surface area contributed by atoms with E-state index in [-0.39, 0.29) is 16.2 Å². The van der Waals surface area contributed by atoms with Gasteiger partial charge in [-0.2, -0.15) is 0 Å². The molecule has 27 heavy (non-hydrogen) atoms. The molecular weight excluding hydrogens is 411 g/mol. The van der Waals surface area contributed by atoms with E-state index in [0.29, 0.717) is 12.1 Å². The molecule has 1 unspecified atom stereocenters. The Bertz CT molecular complexity index is 1010. The lowest BCUT2D eigenvalue weighted by molar-refractivity contribution is 0.570. The number of nitrogens with zero attached hydrogens (tertiary/aromatic N) is 2. The van der Waals surface area contributed by atoms with Crippen molar-refractivity contribution in [3.05, 3.63) is 64.6 Å². The van der Waals surface area contributed by atoms with Crippen LogP contribution in [0.2, 0.25) is 5.02 Å². The third-order valence-corrected chi connectivity index (χ3v) is 6.27. The molecule has 0 radical (unpaired) electrons. The molecule has 2 N–H and O–H groups in total. The molecule has 2 aromatic heterocycles. The summed E-state index contributed by atoms with van der Waals surface area (Å²) in [5.41, 5.74) is 1.22. The third-order valence-electron chi connectivity index (χ3n) is 3.79. The minimum Gasteiger partial charge on any atom is -0.377 e. The molecule has 0 fully saturated rings. The molecule has 0 aliphatic rings. The van der Waals surface area contributed by atoms with Crippen LogP contribution in [0, 0.1) is 5.82 Å². The smallest absolute Gasteiger partial charge is 0.266 e. The summed E-state index contributed by atoms with van der Waals surface area (Å²) in [6.45, 7) is 1.96. The minimum atomic E-state index is -4.14. The molecule has 0 saturated heterocycles. The Balaban J connectivity index is 1.88. The van der Waals surface area contributed by atoms with Gasteiger partial charge in [-0.15, -0.1) is 11.3 Å². The fourth-order valence-corrected chi connectivity index (χ4v) is 4.64. The summed E-state index contributed by atoms with van der Waals surface area (Å²) in [6, 6.07) is 5.73. The van der Waals surface area contributed by atoms with Crippen molar-refractivity contribution < 1.29 is 12.8 Å². The van der Waals surface area contributed by atoms with E-state index in [1.165, 1.54) is 6.20 Å². The van der Waals surface area contributed by atoms with E-state index in [4.69, 9.17) is 11.6 Å². The second-order valence-electron chi connectivity index (χ2n) is 5.60. The van der Waals surface area contributed by atoms with Crippen molar-refractivity contribution in [2.75, 3.05) is 10.0 Å². The molecule has 3 rings (SSSR count). The average molecular weight is 427 g/mol. The molecule has 0 aliphatic carbocycles. The number of thiazole rings is 1. The van der Waals surface area contributed by atoms with Gasteiger partial charge in [-0.25, -0.2) is 17.8 Å². The Morgan fingerprint density at radius 3 is 2.78 bits per heavy atom. The van der Waals surface area contributed by atoms with Gasteiger partial charge in [0.05, 0.1) is 16.8 Å². The first-order valence-electron chi connectivity index (χ1n) is 7.98. The molecule has 0 spiro atoms. The van der Waals surface area contributed by atoms with Gasteiger partial charge in [-0.1, -0.05) is 24.6 Å². The first-order valence-corrected chi connectivity index (χ1v) is 10.7. The fourth-order valence-electron chi connectivity index (χ4n) is 2.48. The van der Waals surface area contributed by atoms with Crippen molar-refractivity contribution >= 4 is 43.8 Å². The van der Waals surface area contributed by atoms with Gasteiger partial charge in [-0.05, 0) is 30.2 Å². The predicted molar refractivity (Wildman–Crippen MR) is 105 cm³/mol. The molecule has 1 atom stereocenters. The number of aromatic nitrogens is 2. The van der Waals surface area contributed by atoms with E-state index in [2.05, 4.69) is 20.0 Å². The quantitative estimate of drug-likeness (QED) is 0.572. The Morgan fingerprint density at radius 2 is 2.15 bits per heavy atom. The van der Waals surface area contributed by atoms with Crippen molar-refractivity contribution in [3.63, 3.8) is 0 Å². The lowest BCUT2D eigenvalue weighted by Gasteiger charge is -2.20. The Hall–Kier alpha value is -2.23. The van der Waals surface area contributed by atoms with E-state index in [1.54, 1.807) is 17.8 Å². The molecular formula is C17H16ClFN4O2S2. The van der Waals surface area contributed by atoms with Crippen LogP contribution in [0.15, 0.2) is 53.1 Å². The van der Waals surface area contributed by atoms with Crippen molar-refractivity contribution in [2.24, 2.45) is 0 Å². The molecule has 0 amide bonds. The highest BCUT2D eigenvalue weighted by Crippen LogP contribution is 2.32. The summed E-state index contributed by atoms with van der Waals surface area (Å²) in [4.78, 5) is 7.37. The van der Waals surface area contributed by atoms with Gasteiger partial charge in [0.25, 0.3) is 10.0 Å². The Labute approximate surface area is 165 Å². The van der Waals surface area contributed by atoms with Crippen molar-refractivity contribution in [1.82, 2.24) is 9.97 Å². The number of nitrogens with one attached hydrogen (secondary N) is 2. The van der Waals surface area contributed by atoms with Gasteiger partial charge in [0.1, 0.15) is 10.7 Å². The van der Waals surface area contributed by atoms with Crippen LogP contribution in [0.5, 0.6) is 0 Å². The maximum atomic E-state index is 14.6. The zero-order valence-electron chi connectivity index (χ0n) is 14.2. The number of hydrogen-bond donors (Lipinski definition) is 2. The van der Waals surface area contributed by atoms with E-state index in [0.717, 1.165) is 29.0 Å². The highest BCUT2D eigenvalue weighted by Gasteiger charge is 2.23. The van der Waals surface area contributed by atoms with Crippen LogP contribution in [-0.4, -0.2) is 18.4 Å². The Morgan fingerprint density at radius 1 is 1.33 bits per heavy atom. The normalized spacial score (nSPS) is 12.6. The second-order valence-corrected chi connectivity index (χ2v) is 8.55. The summed E-state index contributed by atoms with van der Waals surface area (Å²) in [5, 5.41) is 4.99. The molecule has 2 heterocycles. The average Bonchev–Trinajstić information content (AvgIpc) is 3.15. The molecule has 0 bridgehead atoms. The first-order chi connectivity index (χ1) is 12.9. The molecule has 10 heteroatoms. The number of rotatable bonds is 7. The monoisotopic (exact) mass is 426 g/mol. The van der Waals surface area contributed by atoms with E-state index in [1.807, 2.05) is 19.1 Å². The highest BCUT2D eigenvalue weighted by atomic mass is 35.5. The van der Waals surface area contributed by atoms with E-state index >= 15 is 0 Å². The number of pyridine rings is 1. The van der Waals surface area contributed by atoms with Crippen LogP contribution < -0.4 is 10.0 Å². The lowest BCUT2D eigenvalue weighted by Crippen LogP contribution is -2.15. The SMILES string of the molecule is CCC(Nc1cc(F)c(S(=O)(=O)Nc2nccs2)cc1Cl)c1cccnc1. The second kappa shape index (κ2) is 8.20. The molecule has 142 valence electrons. The van der Waals surface area contributed by atoms with Gasteiger partial charge in [0, 0.05) is 24.0 Å². The lowest BCUT2D eigenvalue weighted by atomic mass is 10.1. The molecule has 3 aromatic rings.